The number of carbonyl (C=O) groups excluding carboxylic acids is 2. The van der Waals surface area contributed by atoms with Crippen LogP contribution in [0.3, 0.4) is 0 Å². The first-order valence-corrected chi connectivity index (χ1v) is 8.98. The number of rotatable bonds is 5. The molecule has 1 aromatic carbocycles. The summed E-state index contributed by atoms with van der Waals surface area (Å²) in [6, 6.07) is 6.99. The van der Waals surface area contributed by atoms with Crippen molar-refractivity contribution in [1.82, 2.24) is 10.3 Å². The monoisotopic (exact) mass is 357 g/mol. The molecule has 0 radical (unpaired) electrons. The van der Waals surface area contributed by atoms with Crippen LogP contribution in [0.2, 0.25) is 0 Å². The fourth-order valence-corrected chi connectivity index (χ4v) is 3.50. The van der Waals surface area contributed by atoms with Crippen LogP contribution in [0, 0.1) is 0 Å². The Bertz CT molecular complexity index is 744. The van der Waals surface area contributed by atoms with Gasteiger partial charge in [-0.15, -0.1) is 0 Å². The molecule has 2 aliphatic heterocycles. The third-order valence-electron chi connectivity index (χ3n) is 4.99. The third-order valence-corrected chi connectivity index (χ3v) is 4.99. The van der Waals surface area contributed by atoms with E-state index < -0.39 is 5.97 Å². The van der Waals surface area contributed by atoms with E-state index in [1.54, 1.807) is 18.2 Å². The van der Waals surface area contributed by atoms with Crippen LogP contribution < -0.4 is 5.43 Å². The molecule has 7 nitrogen and oxygen atoms in total. The van der Waals surface area contributed by atoms with E-state index in [2.05, 4.69) is 10.5 Å². The zero-order valence-electron chi connectivity index (χ0n) is 14.6. The molecule has 1 atom stereocenters. The first kappa shape index (κ1) is 18.1. The van der Waals surface area contributed by atoms with Crippen LogP contribution in [0.25, 0.3) is 0 Å². The Balaban J connectivity index is 1.57. The normalized spacial score (nSPS) is 20.3. The van der Waals surface area contributed by atoms with Gasteiger partial charge in [0.05, 0.1) is 5.56 Å². The maximum Gasteiger partial charge on any atom is 0.335 e. The summed E-state index contributed by atoms with van der Waals surface area (Å²) in [5.41, 5.74) is 4.57. The van der Waals surface area contributed by atoms with Gasteiger partial charge in [-0.25, -0.2) is 10.2 Å². The smallest absolute Gasteiger partial charge is 0.335 e. The minimum atomic E-state index is -0.934. The molecule has 0 aromatic heterocycles. The van der Waals surface area contributed by atoms with Gasteiger partial charge in [0.1, 0.15) is 0 Å². The SMILES string of the molecule is O=C1CCC(CCC(=O)N2CCCC(c3cccc(C(=O)O)c3)C2)=NN1. The summed E-state index contributed by atoms with van der Waals surface area (Å²) in [5.74, 6) is -0.763. The number of aromatic carboxylic acids is 1. The van der Waals surface area contributed by atoms with Crippen LogP contribution in [-0.2, 0) is 9.59 Å². The highest BCUT2D eigenvalue weighted by Crippen LogP contribution is 2.28. The molecule has 2 amide bonds. The molecule has 2 heterocycles. The molecule has 2 N–H and O–H groups in total. The molecule has 3 rings (SSSR count). The van der Waals surface area contributed by atoms with Crippen LogP contribution in [-0.4, -0.2) is 46.6 Å². The Kier molecular flexibility index (Phi) is 5.65. The summed E-state index contributed by atoms with van der Waals surface area (Å²) in [6.07, 6.45) is 3.85. The topological polar surface area (TPSA) is 99.1 Å². The largest absolute Gasteiger partial charge is 0.478 e. The van der Waals surface area contributed by atoms with Crippen molar-refractivity contribution in [3.63, 3.8) is 0 Å². The number of carbonyl (C=O) groups is 3. The van der Waals surface area contributed by atoms with Gasteiger partial charge in [-0.3, -0.25) is 9.59 Å². The van der Waals surface area contributed by atoms with Gasteiger partial charge in [-0.1, -0.05) is 12.1 Å². The summed E-state index contributed by atoms with van der Waals surface area (Å²) in [5, 5.41) is 13.2. The second kappa shape index (κ2) is 8.12. The Morgan fingerprint density at radius 1 is 1.31 bits per heavy atom. The lowest BCUT2D eigenvalue weighted by Gasteiger charge is -2.33. The number of carboxylic acid groups (broad SMARTS) is 1. The van der Waals surface area contributed by atoms with Gasteiger partial charge in [0.15, 0.2) is 0 Å². The van der Waals surface area contributed by atoms with E-state index in [4.69, 9.17) is 5.11 Å². The van der Waals surface area contributed by atoms with Crippen molar-refractivity contribution in [1.29, 1.82) is 0 Å². The van der Waals surface area contributed by atoms with Crippen molar-refractivity contribution in [3.05, 3.63) is 35.4 Å². The van der Waals surface area contributed by atoms with E-state index in [-0.39, 0.29) is 23.3 Å². The minimum Gasteiger partial charge on any atom is -0.478 e. The van der Waals surface area contributed by atoms with Gasteiger partial charge in [0, 0.05) is 37.6 Å². The Hall–Kier alpha value is -2.70. The highest BCUT2D eigenvalue weighted by Gasteiger charge is 2.25. The van der Waals surface area contributed by atoms with Crippen molar-refractivity contribution in [3.8, 4) is 0 Å². The summed E-state index contributed by atoms with van der Waals surface area (Å²) in [7, 11) is 0. The molecule has 0 spiro atoms. The van der Waals surface area contributed by atoms with Crippen LogP contribution in [0.4, 0.5) is 0 Å². The third kappa shape index (κ3) is 4.47. The van der Waals surface area contributed by atoms with Gasteiger partial charge in [-0.05, 0) is 43.4 Å². The Morgan fingerprint density at radius 2 is 2.15 bits per heavy atom. The maximum absolute atomic E-state index is 12.5. The fourth-order valence-electron chi connectivity index (χ4n) is 3.50. The molecule has 0 saturated carbocycles. The van der Waals surface area contributed by atoms with Gasteiger partial charge in [-0.2, -0.15) is 5.10 Å². The van der Waals surface area contributed by atoms with Crippen LogP contribution >= 0.6 is 0 Å². The molecule has 1 saturated heterocycles. The zero-order valence-corrected chi connectivity index (χ0v) is 14.6. The fraction of sp³-hybridized carbons (Fsp3) is 0.474. The lowest BCUT2D eigenvalue weighted by molar-refractivity contribution is -0.132. The number of amides is 2. The van der Waals surface area contributed by atoms with E-state index >= 15 is 0 Å². The van der Waals surface area contributed by atoms with Crippen LogP contribution in [0.15, 0.2) is 29.4 Å². The zero-order chi connectivity index (χ0) is 18.5. The quantitative estimate of drug-likeness (QED) is 0.843. The standard InChI is InChI=1S/C19H23N3O4/c23-17-8-6-16(20-21-17)7-9-18(24)22-10-2-5-15(12-22)13-3-1-4-14(11-13)19(25)26/h1,3-4,11,15H,2,5-10,12H2,(H,21,23)(H,25,26). The van der Waals surface area contributed by atoms with Gasteiger partial charge in [0.25, 0.3) is 0 Å². The Morgan fingerprint density at radius 3 is 2.88 bits per heavy atom. The lowest BCUT2D eigenvalue weighted by Crippen LogP contribution is -2.39. The van der Waals surface area contributed by atoms with E-state index in [9.17, 15) is 14.4 Å². The van der Waals surface area contributed by atoms with E-state index in [0.29, 0.717) is 32.2 Å². The highest BCUT2D eigenvalue weighted by atomic mass is 16.4. The predicted octanol–water partition coefficient (Wildman–Crippen LogP) is 2.14. The number of carboxylic acids is 1. The molecule has 1 fully saturated rings. The Labute approximate surface area is 152 Å². The predicted molar refractivity (Wildman–Crippen MR) is 96.0 cm³/mol. The number of hydrazone groups is 1. The van der Waals surface area contributed by atoms with Crippen molar-refractivity contribution < 1.29 is 19.5 Å². The molecule has 1 unspecified atom stereocenters. The maximum atomic E-state index is 12.5. The average Bonchev–Trinajstić information content (AvgIpc) is 2.67. The van der Waals surface area contributed by atoms with Crippen molar-refractivity contribution in [2.45, 2.75) is 44.4 Å². The molecule has 7 heteroatoms. The number of hydrogen-bond donors (Lipinski definition) is 2. The summed E-state index contributed by atoms with van der Waals surface area (Å²) in [4.78, 5) is 36.7. The van der Waals surface area contributed by atoms with Crippen molar-refractivity contribution >= 4 is 23.5 Å². The molecule has 2 aliphatic rings. The van der Waals surface area contributed by atoms with Crippen molar-refractivity contribution in [2.24, 2.45) is 5.10 Å². The molecule has 0 aliphatic carbocycles. The lowest BCUT2D eigenvalue weighted by atomic mass is 9.89. The first-order valence-electron chi connectivity index (χ1n) is 8.98. The first-order chi connectivity index (χ1) is 12.5. The number of piperidine rings is 1. The van der Waals surface area contributed by atoms with Gasteiger partial charge < -0.3 is 10.0 Å². The number of hydrogen-bond acceptors (Lipinski definition) is 4. The summed E-state index contributed by atoms with van der Waals surface area (Å²) < 4.78 is 0. The molecule has 26 heavy (non-hydrogen) atoms. The number of benzene rings is 1. The van der Waals surface area contributed by atoms with Crippen molar-refractivity contribution in [2.75, 3.05) is 13.1 Å². The second-order valence-corrected chi connectivity index (χ2v) is 6.82. The molecular formula is C19H23N3O4. The summed E-state index contributed by atoms with van der Waals surface area (Å²) in [6.45, 7) is 1.35. The summed E-state index contributed by atoms with van der Waals surface area (Å²) >= 11 is 0. The van der Waals surface area contributed by atoms with Gasteiger partial charge in [0.2, 0.25) is 11.8 Å². The van der Waals surface area contributed by atoms with Crippen LogP contribution in [0.1, 0.15) is 60.4 Å². The van der Waals surface area contributed by atoms with Crippen LogP contribution in [0.5, 0.6) is 0 Å². The molecule has 138 valence electrons. The number of nitrogens with zero attached hydrogens (tertiary/aromatic N) is 2. The van der Waals surface area contributed by atoms with E-state index in [0.717, 1.165) is 30.7 Å². The molecule has 0 bridgehead atoms. The molecule has 1 aromatic rings. The second-order valence-electron chi connectivity index (χ2n) is 6.82. The van der Waals surface area contributed by atoms with E-state index in [1.165, 1.54) is 0 Å². The molecular weight excluding hydrogens is 334 g/mol. The average molecular weight is 357 g/mol. The number of likely N-dealkylation sites (tertiary alicyclic amines) is 1. The highest BCUT2D eigenvalue weighted by molar-refractivity contribution is 5.94. The van der Waals surface area contributed by atoms with E-state index in [1.807, 2.05) is 11.0 Å². The number of nitrogens with one attached hydrogen (secondary N) is 1. The minimum absolute atomic E-state index is 0.0810. The van der Waals surface area contributed by atoms with Gasteiger partial charge >= 0.3 is 5.97 Å².